The lowest BCUT2D eigenvalue weighted by Crippen LogP contribution is -2.46. The molecule has 0 unspecified atom stereocenters. The van der Waals surface area contributed by atoms with Crippen molar-refractivity contribution in [3.63, 3.8) is 0 Å². The average Bonchev–Trinajstić information content (AvgIpc) is 3.25. The molecule has 1 atom stereocenters. The van der Waals surface area contributed by atoms with Crippen molar-refractivity contribution < 1.29 is 13.3 Å². The van der Waals surface area contributed by atoms with Crippen LogP contribution in [0.3, 0.4) is 0 Å². The summed E-state index contributed by atoms with van der Waals surface area (Å²) < 4.78 is 30.1. The molecule has 0 aliphatic carbocycles. The van der Waals surface area contributed by atoms with E-state index in [1.807, 2.05) is 74.9 Å². The van der Waals surface area contributed by atoms with Crippen LogP contribution in [0, 0.1) is 10.1 Å². The molecule has 7 rings (SSSR count). The quantitative estimate of drug-likeness (QED) is 0.0520. The van der Waals surface area contributed by atoms with E-state index in [4.69, 9.17) is 4.98 Å². The van der Waals surface area contributed by atoms with Gasteiger partial charge in [0.1, 0.15) is 12.0 Å². The first-order chi connectivity index (χ1) is 28.6. The summed E-state index contributed by atoms with van der Waals surface area (Å²) in [5.74, 6) is 0.754. The number of benzene rings is 4. The molecule has 1 aliphatic heterocycles. The number of thioether (sulfide) groups is 2. The molecule has 3 heterocycles. The van der Waals surface area contributed by atoms with E-state index in [1.54, 1.807) is 23.5 Å². The number of fused-ring (bicyclic) bond motifs is 1. The summed E-state index contributed by atoms with van der Waals surface area (Å²) in [5.41, 5.74) is 4.79. The highest BCUT2D eigenvalue weighted by atomic mass is 32.2. The largest absolute Gasteiger partial charge is 0.376 e. The molecular formula is C43H47N9O4S3. The van der Waals surface area contributed by atoms with Crippen molar-refractivity contribution in [3.05, 3.63) is 131 Å². The molecule has 59 heavy (non-hydrogen) atoms. The minimum Gasteiger partial charge on any atom is -0.376 e. The second-order valence-electron chi connectivity index (χ2n) is 14.5. The minimum atomic E-state index is -4.27. The van der Waals surface area contributed by atoms with E-state index >= 15 is 0 Å². The predicted molar refractivity (Wildman–Crippen MR) is 240 cm³/mol. The van der Waals surface area contributed by atoms with Crippen LogP contribution < -0.4 is 14.9 Å². The Hall–Kier alpha value is -5.26. The third kappa shape index (κ3) is 10.7. The first kappa shape index (κ1) is 41.9. The van der Waals surface area contributed by atoms with Crippen molar-refractivity contribution in [2.45, 2.75) is 33.7 Å². The van der Waals surface area contributed by atoms with Gasteiger partial charge in [0.05, 0.1) is 21.0 Å². The van der Waals surface area contributed by atoms with Crippen LogP contribution in [0.5, 0.6) is 0 Å². The number of nitro groups is 1. The topological polar surface area (TPSA) is 150 Å². The molecule has 13 nitrogen and oxygen atoms in total. The van der Waals surface area contributed by atoms with Gasteiger partial charge in [-0.05, 0) is 99.5 Å². The van der Waals surface area contributed by atoms with Gasteiger partial charge in [0, 0.05) is 83.2 Å². The maximum Gasteiger partial charge on any atom is 0.293 e. The number of sulfonamides is 1. The number of piperazine rings is 1. The molecule has 0 saturated carbocycles. The van der Waals surface area contributed by atoms with Gasteiger partial charge in [-0.2, -0.15) is 0 Å². The van der Waals surface area contributed by atoms with E-state index in [2.05, 4.69) is 71.3 Å². The van der Waals surface area contributed by atoms with E-state index < -0.39 is 14.9 Å². The van der Waals surface area contributed by atoms with Crippen LogP contribution in [0.4, 0.5) is 22.9 Å². The molecule has 0 radical (unpaired) electrons. The molecule has 6 aromatic rings. The Morgan fingerprint density at radius 2 is 1.66 bits per heavy atom. The third-order valence-electron chi connectivity index (χ3n) is 10.2. The molecule has 0 bridgehead atoms. The molecule has 2 aromatic heterocycles. The number of hydrogen-bond acceptors (Lipinski definition) is 13. The smallest absolute Gasteiger partial charge is 0.293 e. The van der Waals surface area contributed by atoms with Crippen molar-refractivity contribution in [1.82, 2.24) is 24.8 Å². The highest BCUT2D eigenvalue weighted by Gasteiger charge is 2.25. The average molecular weight is 850 g/mol. The molecule has 306 valence electrons. The van der Waals surface area contributed by atoms with Gasteiger partial charge in [-0.1, -0.05) is 36.4 Å². The fourth-order valence-electron chi connectivity index (χ4n) is 6.99. The van der Waals surface area contributed by atoms with Crippen LogP contribution in [0.1, 0.15) is 12.0 Å². The van der Waals surface area contributed by atoms with Crippen molar-refractivity contribution in [2.75, 3.05) is 73.8 Å². The fraction of sp³-hybridized carbons (Fsp3) is 0.279. The Morgan fingerprint density at radius 1 is 0.881 bits per heavy atom. The molecule has 1 fully saturated rings. The lowest BCUT2D eigenvalue weighted by atomic mass is 10.1. The summed E-state index contributed by atoms with van der Waals surface area (Å²) in [5, 5.41) is 16.2. The standard InChI is InChI=1S/C43H47N9O4S3/c1-49(2)21-19-33(29-58-36-9-5-4-6-10-36)47-39-18-16-37(27-41(39)52(53)54)59(55,56)48-43-38-17-13-34(26-40(38)45-30-46-43)51-24-22-50(23-25-51)28-32-8-7-20-44-42(32)31-11-14-35(57-3)15-12-31/h4-18,20,26-27,30,33,47H,19,21-25,28-29H2,1-3H3,(H,45,46,48)/t33-/m1/s1. The molecule has 16 heteroatoms. The number of anilines is 3. The van der Waals surface area contributed by atoms with Gasteiger partial charge in [0.25, 0.3) is 15.7 Å². The SMILES string of the molecule is CSc1ccc(-c2ncccc2CN2CCN(c3ccc4c(NS(=O)(=O)c5ccc(N[C@H](CCN(C)C)CSc6ccccc6)c([N+](=O)[O-])c5)ncnc4c3)CC2)cc1. The summed E-state index contributed by atoms with van der Waals surface area (Å²) >= 11 is 3.38. The maximum absolute atomic E-state index is 13.8. The molecule has 4 aromatic carbocycles. The zero-order chi connectivity index (χ0) is 41.4. The van der Waals surface area contributed by atoms with Gasteiger partial charge in [-0.3, -0.25) is 24.7 Å². The summed E-state index contributed by atoms with van der Waals surface area (Å²) in [4.78, 5) is 34.1. The van der Waals surface area contributed by atoms with Crippen LogP contribution >= 0.6 is 23.5 Å². The number of rotatable bonds is 17. The summed E-state index contributed by atoms with van der Waals surface area (Å²) in [6.07, 6.45) is 5.96. The highest BCUT2D eigenvalue weighted by molar-refractivity contribution is 7.99. The Kier molecular flexibility index (Phi) is 13.6. The van der Waals surface area contributed by atoms with E-state index in [0.717, 1.165) is 73.6 Å². The molecule has 1 aliphatic rings. The van der Waals surface area contributed by atoms with Gasteiger partial charge in [-0.15, -0.1) is 23.5 Å². The fourth-order valence-corrected chi connectivity index (χ4v) is 9.44. The number of nitrogens with zero attached hydrogens (tertiary/aromatic N) is 7. The lowest BCUT2D eigenvalue weighted by molar-refractivity contribution is -0.384. The minimum absolute atomic E-state index is 0.0910. The van der Waals surface area contributed by atoms with Crippen molar-refractivity contribution in [1.29, 1.82) is 0 Å². The first-order valence-corrected chi connectivity index (χ1v) is 23.0. The van der Waals surface area contributed by atoms with Crippen molar-refractivity contribution >= 4 is 67.3 Å². The molecule has 0 spiro atoms. The first-order valence-electron chi connectivity index (χ1n) is 19.3. The maximum atomic E-state index is 13.8. The van der Waals surface area contributed by atoms with E-state index in [9.17, 15) is 18.5 Å². The zero-order valence-electron chi connectivity index (χ0n) is 33.2. The number of nitrogens with one attached hydrogen (secondary N) is 2. The van der Waals surface area contributed by atoms with Gasteiger partial charge in [-0.25, -0.2) is 18.4 Å². The zero-order valence-corrected chi connectivity index (χ0v) is 35.6. The number of nitro benzene ring substituents is 1. The van der Waals surface area contributed by atoms with Gasteiger partial charge in [0.2, 0.25) is 0 Å². The second kappa shape index (κ2) is 19.2. The highest BCUT2D eigenvalue weighted by Crippen LogP contribution is 2.33. The van der Waals surface area contributed by atoms with Gasteiger partial charge in [0.15, 0.2) is 5.82 Å². The van der Waals surface area contributed by atoms with Crippen LogP contribution in [-0.2, 0) is 16.6 Å². The molecular weight excluding hydrogens is 803 g/mol. The van der Waals surface area contributed by atoms with E-state index in [-0.39, 0.29) is 28.1 Å². The van der Waals surface area contributed by atoms with Crippen molar-refractivity contribution in [2.24, 2.45) is 0 Å². The summed E-state index contributed by atoms with van der Waals surface area (Å²) in [7, 11) is -0.310. The molecule has 1 saturated heterocycles. The van der Waals surface area contributed by atoms with Gasteiger partial charge < -0.3 is 15.1 Å². The second-order valence-corrected chi connectivity index (χ2v) is 18.2. The monoisotopic (exact) mass is 849 g/mol. The van der Waals surface area contributed by atoms with Gasteiger partial charge >= 0.3 is 0 Å². The van der Waals surface area contributed by atoms with E-state index in [1.165, 1.54) is 28.9 Å². The Bertz CT molecular complexity index is 2490. The number of pyridine rings is 1. The van der Waals surface area contributed by atoms with E-state index in [0.29, 0.717) is 16.7 Å². The number of hydrogen-bond donors (Lipinski definition) is 2. The molecule has 2 N–H and O–H groups in total. The van der Waals surface area contributed by atoms with Crippen LogP contribution in [-0.4, -0.2) is 103 Å². The van der Waals surface area contributed by atoms with Crippen LogP contribution in [0.2, 0.25) is 0 Å². The molecule has 0 amide bonds. The summed E-state index contributed by atoms with van der Waals surface area (Å²) in [6, 6.07) is 32.2. The normalized spacial score (nSPS) is 14.1. The summed E-state index contributed by atoms with van der Waals surface area (Å²) in [6.45, 7) is 4.89. The third-order valence-corrected chi connectivity index (χ3v) is 13.4. The predicted octanol–water partition coefficient (Wildman–Crippen LogP) is 7.97. The number of aromatic nitrogens is 3. The van der Waals surface area contributed by atoms with Crippen molar-refractivity contribution in [3.8, 4) is 11.3 Å². The Balaban J connectivity index is 1.02. The van der Waals surface area contributed by atoms with Crippen LogP contribution in [0.25, 0.3) is 22.2 Å². The Morgan fingerprint density at radius 3 is 2.39 bits per heavy atom. The van der Waals surface area contributed by atoms with Crippen LogP contribution in [0.15, 0.2) is 130 Å². The lowest BCUT2D eigenvalue weighted by Gasteiger charge is -2.36. The Labute approximate surface area is 353 Å².